The molecule has 2 aliphatic rings. The lowest BCUT2D eigenvalue weighted by molar-refractivity contribution is -0.144. The molecule has 40 heavy (non-hydrogen) atoms. The van der Waals surface area contributed by atoms with Crippen LogP contribution in [0.25, 0.3) is 0 Å². The van der Waals surface area contributed by atoms with Crippen LogP contribution in [0.5, 0.6) is 28.7 Å². The zero-order chi connectivity index (χ0) is 29.5. The first-order valence-electron chi connectivity index (χ1n) is 13.0. The first-order valence-corrected chi connectivity index (χ1v) is 15.9. The number of ether oxygens (including phenoxy) is 6. The third kappa shape index (κ3) is 4.96. The normalized spacial score (nSPS) is 20.8. The summed E-state index contributed by atoms with van der Waals surface area (Å²) in [6, 6.07) is 10.8. The predicted molar refractivity (Wildman–Crippen MR) is 147 cm³/mol. The number of nitriles is 1. The molecule has 0 spiro atoms. The number of methoxy groups -OCH3 is 3. The lowest BCUT2D eigenvalue weighted by atomic mass is 9.73. The SMILES string of the molecule is COc1cc([C@H](O)[C@@H]2C(=O)OC[C@H]2C(C#N)(O[Si](C)(C)C(C)(C)C)c2ccc3c(c2)OCO3)cc(OC)c1OC. The Labute approximate surface area is 235 Å². The maximum Gasteiger partial charge on any atom is 0.312 e. The highest BCUT2D eigenvalue weighted by Gasteiger charge is 2.58. The van der Waals surface area contributed by atoms with Gasteiger partial charge in [-0.2, -0.15) is 5.26 Å². The van der Waals surface area contributed by atoms with E-state index in [9.17, 15) is 15.2 Å². The molecule has 1 fully saturated rings. The summed E-state index contributed by atoms with van der Waals surface area (Å²) in [4.78, 5) is 13.3. The first-order chi connectivity index (χ1) is 18.8. The highest BCUT2D eigenvalue weighted by molar-refractivity contribution is 6.74. The van der Waals surface area contributed by atoms with Crippen LogP contribution in [0.1, 0.15) is 38.0 Å². The molecule has 4 rings (SSSR count). The van der Waals surface area contributed by atoms with Crippen molar-refractivity contribution < 1.29 is 42.7 Å². The van der Waals surface area contributed by atoms with Crippen LogP contribution in [0.4, 0.5) is 0 Å². The van der Waals surface area contributed by atoms with Crippen molar-refractivity contribution in [1.82, 2.24) is 0 Å². The van der Waals surface area contributed by atoms with Crippen LogP contribution in [0.15, 0.2) is 30.3 Å². The number of hydrogen-bond acceptors (Lipinski definition) is 10. The molecular formula is C29H37NO9Si. The molecule has 2 heterocycles. The Hall–Kier alpha value is -3.46. The minimum Gasteiger partial charge on any atom is -0.493 e. The van der Waals surface area contributed by atoms with E-state index in [4.69, 9.17) is 32.8 Å². The molecular weight excluding hydrogens is 534 g/mol. The molecule has 11 heteroatoms. The number of fused-ring (bicyclic) bond motifs is 1. The number of hydrogen-bond donors (Lipinski definition) is 1. The van der Waals surface area contributed by atoms with E-state index < -0.39 is 37.8 Å². The van der Waals surface area contributed by atoms with Gasteiger partial charge in [0.05, 0.1) is 45.9 Å². The molecule has 1 unspecified atom stereocenters. The second-order valence-corrected chi connectivity index (χ2v) is 16.2. The zero-order valence-electron chi connectivity index (χ0n) is 24.2. The third-order valence-electron chi connectivity index (χ3n) is 8.19. The van der Waals surface area contributed by atoms with Gasteiger partial charge in [0, 0.05) is 5.56 Å². The van der Waals surface area contributed by atoms with Crippen molar-refractivity contribution in [3.8, 4) is 34.8 Å². The molecule has 0 aliphatic carbocycles. The molecule has 2 aliphatic heterocycles. The number of esters is 1. The van der Waals surface area contributed by atoms with Gasteiger partial charge in [-0.25, -0.2) is 0 Å². The highest BCUT2D eigenvalue weighted by atomic mass is 28.4. The number of benzene rings is 2. The van der Waals surface area contributed by atoms with Crippen LogP contribution in [0.2, 0.25) is 18.1 Å². The van der Waals surface area contributed by atoms with Gasteiger partial charge in [0.1, 0.15) is 6.07 Å². The average Bonchev–Trinajstić information content (AvgIpc) is 3.55. The Kier molecular flexibility index (Phi) is 8.00. The van der Waals surface area contributed by atoms with E-state index in [1.807, 2.05) is 13.1 Å². The summed E-state index contributed by atoms with van der Waals surface area (Å²) in [7, 11) is 1.77. The van der Waals surface area contributed by atoms with Gasteiger partial charge in [0.2, 0.25) is 12.5 Å². The molecule has 0 radical (unpaired) electrons. The van der Waals surface area contributed by atoms with E-state index in [1.54, 1.807) is 30.3 Å². The minimum atomic E-state index is -2.64. The maximum atomic E-state index is 13.3. The van der Waals surface area contributed by atoms with E-state index in [2.05, 4.69) is 26.8 Å². The predicted octanol–water partition coefficient (Wildman–Crippen LogP) is 4.70. The Bertz CT molecular complexity index is 1290. The molecule has 0 aromatic heterocycles. The van der Waals surface area contributed by atoms with Gasteiger partial charge in [-0.3, -0.25) is 4.79 Å². The molecule has 0 saturated carbocycles. The Morgan fingerprint density at radius 3 is 2.17 bits per heavy atom. The average molecular weight is 572 g/mol. The Morgan fingerprint density at radius 2 is 1.62 bits per heavy atom. The number of rotatable bonds is 9. The molecule has 4 atom stereocenters. The van der Waals surface area contributed by atoms with Crippen molar-refractivity contribution in [2.75, 3.05) is 34.7 Å². The van der Waals surface area contributed by atoms with Crippen LogP contribution in [0, 0.1) is 23.2 Å². The van der Waals surface area contributed by atoms with Gasteiger partial charge in [-0.05, 0) is 48.0 Å². The number of nitrogens with zero attached hydrogens (tertiary/aromatic N) is 1. The molecule has 2 aromatic rings. The van der Waals surface area contributed by atoms with Gasteiger partial charge >= 0.3 is 5.97 Å². The van der Waals surface area contributed by atoms with Crippen LogP contribution < -0.4 is 23.7 Å². The van der Waals surface area contributed by atoms with Crippen molar-refractivity contribution in [1.29, 1.82) is 5.26 Å². The van der Waals surface area contributed by atoms with E-state index in [1.165, 1.54) is 21.3 Å². The van der Waals surface area contributed by atoms with Gasteiger partial charge < -0.3 is 38.0 Å². The monoisotopic (exact) mass is 571 g/mol. The molecule has 0 amide bonds. The van der Waals surface area contributed by atoms with Gasteiger partial charge in [-0.1, -0.05) is 26.8 Å². The van der Waals surface area contributed by atoms with Crippen LogP contribution in [-0.2, 0) is 19.6 Å². The topological polar surface area (TPSA) is 126 Å². The largest absolute Gasteiger partial charge is 0.493 e. The summed E-state index contributed by atoms with van der Waals surface area (Å²) in [6.45, 7) is 10.2. The van der Waals surface area contributed by atoms with Crippen molar-refractivity contribution >= 4 is 14.3 Å². The standard InChI is InChI=1S/C29H37NO9Si/c1-28(2,3)40(7,8)39-29(15-30,18-9-10-20-21(13-18)38-16-37-20)19-14-36-27(32)24(19)25(31)17-11-22(33-4)26(35-6)23(12-17)34-5/h9-13,19,24-25,31H,14,16H2,1-8H3/t19-,24-,25+,29?/m1/s1. The summed E-state index contributed by atoms with van der Waals surface area (Å²) in [5.41, 5.74) is -0.815. The number of cyclic esters (lactones) is 1. The van der Waals surface area contributed by atoms with E-state index in [0.717, 1.165) is 0 Å². The second-order valence-electron chi connectivity index (χ2n) is 11.4. The molecule has 1 saturated heterocycles. The number of carbonyl (C=O) groups is 1. The second kappa shape index (κ2) is 10.8. The lowest BCUT2D eigenvalue weighted by Crippen LogP contribution is -2.53. The fourth-order valence-electron chi connectivity index (χ4n) is 4.94. The van der Waals surface area contributed by atoms with Crippen LogP contribution in [0.3, 0.4) is 0 Å². The maximum absolute atomic E-state index is 13.3. The van der Waals surface area contributed by atoms with Crippen molar-refractivity contribution in [2.24, 2.45) is 11.8 Å². The summed E-state index contributed by atoms with van der Waals surface area (Å²) in [5, 5.41) is 22.4. The smallest absolute Gasteiger partial charge is 0.312 e. The first kappa shape index (κ1) is 29.5. The Balaban J connectivity index is 1.87. The number of aliphatic hydroxyl groups excluding tert-OH is 1. The summed E-state index contributed by atoms with van der Waals surface area (Å²) < 4.78 is 39.9. The molecule has 2 aromatic carbocycles. The van der Waals surface area contributed by atoms with E-state index >= 15 is 0 Å². The lowest BCUT2D eigenvalue weighted by Gasteiger charge is -2.45. The van der Waals surface area contributed by atoms with Gasteiger partial charge in [0.25, 0.3) is 0 Å². The zero-order valence-corrected chi connectivity index (χ0v) is 25.2. The summed E-state index contributed by atoms with van der Waals surface area (Å²) in [6.07, 6.45) is -1.38. The number of carbonyl (C=O) groups excluding carboxylic acids is 1. The quantitative estimate of drug-likeness (QED) is 0.334. The number of aliphatic hydroxyl groups is 1. The van der Waals surface area contributed by atoms with E-state index in [0.29, 0.717) is 39.9 Å². The highest BCUT2D eigenvalue weighted by Crippen LogP contribution is 2.52. The summed E-state index contributed by atoms with van der Waals surface area (Å²) >= 11 is 0. The fraction of sp³-hybridized carbons (Fsp3) is 0.517. The van der Waals surface area contributed by atoms with Crippen molar-refractivity contribution in [3.05, 3.63) is 41.5 Å². The minimum absolute atomic E-state index is 0.0644. The molecule has 0 bridgehead atoms. The molecule has 10 nitrogen and oxygen atoms in total. The van der Waals surface area contributed by atoms with Gasteiger partial charge in [-0.15, -0.1) is 0 Å². The Morgan fingerprint density at radius 1 is 1.00 bits per heavy atom. The van der Waals surface area contributed by atoms with E-state index in [-0.39, 0.29) is 18.4 Å². The molecule has 1 N–H and O–H groups in total. The fourth-order valence-corrected chi connectivity index (χ4v) is 6.36. The molecule has 216 valence electrons. The van der Waals surface area contributed by atoms with Crippen molar-refractivity contribution in [2.45, 2.75) is 50.6 Å². The van der Waals surface area contributed by atoms with Crippen LogP contribution in [-0.4, -0.2) is 54.1 Å². The summed E-state index contributed by atoms with van der Waals surface area (Å²) in [5.74, 6) is -0.632. The third-order valence-corrected chi connectivity index (χ3v) is 12.6. The van der Waals surface area contributed by atoms with Gasteiger partial charge in [0.15, 0.2) is 36.9 Å². The van der Waals surface area contributed by atoms with Crippen molar-refractivity contribution in [3.63, 3.8) is 0 Å². The van der Waals surface area contributed by atoms with Crippen LogP contribution >= 0.6 is 0 Å².